The Morgan fingerprint density at radius 2 is 2.15 bits per heavy atom. The maximum atomic E-state index is 13.2. The molecule has 0 aliphatic rings. The third-order valence-corrected chi connectivity index (χ3v) is 2.14. The lowest BCUT2D eigenvalue weighted by molar-refractivity contribution is 0.612. The molecule has 2 nitrogen and oxygen atoms in total. The van der Waals surface area contributed by atoms with Crippen molar-refractivity contribution < 1.29 is 4.39 Å². The average molecular weight is 178 g/mol. The summed E-state index contributed by atoms with van der Waals surface area (Å²) in [5.41, 5.74) is 7.82. The van der Waals surface area contributed by atoms with Crippen molar-refractivity contribution in [1.82, 2.24) is 4.98 Å². The second-order valence-corrected chi connectivity index (χ2v) is 3.19. The molecule has 0 saturated heterocycles. The molecule has 0 aliphatic carbocycles. The molecule has 0 unspecified atom stereocenters. The third-order valence-electron chi connectivity index (χ3n) is 2.14. The minimum atomic E-state index is -0.239. The fourth-order valence-corrected chi connectivity index (χ4v) is 1.50. The third kappa shape index (κ3) is 1.31. The van der Waals surface area contributed by atoms with E-state index in [1.54, 1.807) is 6.07 Å². The van der Waals surface area contributed by atoms with Gasteiger partial charge in [0.25, 0.3) is 0 Å². The van der Waals surface area contributed by atoms with Gasteiger partial charge in [-0.05, 0) is 25.1 Å². The highest BCUT2D eigenvalue weighted by molar-refractivity contribution is 5.81. The van der Waals surface area contributed by atoms with E-state index in [0.29, 0.717) is 5.56 Å². The van der Waals surface area contributed by atoms with Crippen molar-refractivity contribution in [2.75, 3.05) is 0 Å². The topological polar surface area (TPSA) is 41.8 Å². The summed E-state index contributed by atoms with van der Waals surface area (Å²) in [4.78, 5) is 3.07. The van der Waals surface area contributed by atoms with Gasteiger partial charge in [0.05, 0.1) is 0 Å². The SMILES string of the molecule is Cc1cc2cc(CN)c(F)cc2[nH]1. The molecule has 0 radical (unpaired) electrons. The summed E-state index contributed by atoms with van der Waals surface area (Å²) in [6.45, 7) is 2.19. The van der Waals surface area contributed by atoms with E-state index >= 15 is 0 Å². The molecule has 2 aromatic rings. The van der Waals surface area contributed by atoms with Crippen LogP contribution in [-0.2, 0) is 6.54 Å². The number of benzene rings is 1. The van der Waals surface area contributed by atoms with E-state index in [-0.39, 0.29) is 12.4 Å². The highest BCUT2D eigenvalue weighted by Crippen LogP contribution is 2.19. The van der Waals surface area contributed by atoms with Gasteiger partial charge in [0, 0.05) is 28.7 Å². The quantitative estimate of drug-likeness (QED) is 0.689. The molecule has 1 aromatic heterocycles. The summed E-state index contributed by atoms with van der Waals surface area (Å²) in [6, 6.07) is 5.26. The van der Waals surface area contributed by atoms with E-state index in [2.05, 4.69) is 4.98 Å². The minimum Gasteiger partial charge on any atom is -0.359 e. The van der Waals surface area contributed by atoms with Gasteiger partial charge in [0.1, 0.15) is 5.82 Å². The number of H-pyrrole nitrogens is 1. The first-order valence-electron chi connectivity index (χ1n) is 4.18. The number of aryl methyl sites for hydroxylation is 1. The Hall–Kier alpha value is -1.35. The molecule has 1 aromatic carbocycles. The van der Waals surface area contributed by atoms with Gasteiger partial charge in [-0.15, -0.1) is 0 Å². The summed E-state index contributed by atoms with van der Waals surface area (Å²) in [5.74, 6) is -0.239. The van der Waals surface area contributed by atoms with Crippen LogP contribution >= 0.6 is 0 Å². The highest BCUT2D eigenvalue weighted by Gasteiger charge is 2.04. The Kier molecular flexibility index (Phi) is 1.81. The zero-order valence-corrected chi connectivity index (χ0v) is 7.39. The van der Waals surface area contributed by atoms with Crippen molar-refractivity contribution >= 4 is 10.9 Å². The maximum absolute atomic E-state index is 13.2. The zero-order chi connectivity index (χ0) is 9.42. The smallest absolute Gasteiger partial charge is 0.129 e. The van der Waals surface area contributed by atoms with Gasteiger partial charge in [-0.2, -0.15) is 0 Å². The standard InChI is InChI=1S/C10H11FN2/c1-6-2-7-3-8(5-12)9(11)4-10(7)13-6/h2-4,13H,5,12H2,1H3. The fraction of sp³-hybridized carbons (Fsp3) is 0.200. The molecule has 2 rings (SSSR count). The predicted octanol–water partition coefficient (Wildman–Crippen LogP) is 2.07. The Bertz CT molecular complexity index is 445. The van der Waals surface area contributed by atoms with Crippen molar-refractivity contribution in [1.29, 1.82) is 0 Å². The molecule has 0 bridgehead atoms. The van der Waals surface area contributed by atoms with Gasteiger partial charge in [-0.25, -0.2) is 4.39 Å². The van der Waals surface area contributed by atoms with Crippen LogP contribution in [0.3, 0.4) is 0 Å². The molecule has 0 aliphatic heterocycles. The largest absolute Gasteiger partial charge is 0.359 e. The molecule has 0 spiro atoms. The van der Waals surface area contributed by atoms with Crippen molar-refractivity contribution in [3.8, 4) is 0 Å². The van der Waals surface area contributed by atoms with Crippen molar-refractivity contribution in [2.45, 2.75) is 13.5 Å². The lowest BCUT2D eigenvalue weighted by atomic mass is 10.1. The molecule has 3 N–H and O–H groups in total. The fourth-order valence-electron chi connectivity index (χ4n) is 1.50. The lowest BCUT2D eigenvalue weighted by Crippen LogP contribution is -1.99. The van der Waals surface area contributed by atoms with Gasteiger partial charge in [-0.3, -0.25) is 0 Å². The molecule has 1 heterocycles. The predicted molar refractivity (Wildman–Crippen MR) is 50.9 cm³/mol. The second-order valence-electron chi connectivity index (χ2n) is 3.19. The number of hydrogen-bond acceptors (Lipinski definition) is 1. The molecule has 0 atom stereocenters. The summed E-state index contributed by atoms with van der Waals surface area (Å²) in [7, 11) is 0. The highest BCUT2D eigenvalue weighted by atomic mass is 19.1. The number of rotatable bonds is 1. The van der Waals surface area contributed by atoms with E-state index in [1.807, 2.05) is 13.0 Å². The lowest BCUT2D eigenvalue weighted by Gasteiger charge is -1.98. The Labute approximate surface area is 75.6 Å². The molecular weight excluding hydrogens is 167 g/mol. The average Bonchev–Trinajstić information content (AvgIpc) is 2.42. The zero-order valence-electron chi connectivity index (χ0n) is 7.39. The molecule has 3 heteroatoms. The van der Waals surface area contributed by atoms with E-state index < -0.39 is 0 Å². The molecule has 0 amide bonds. The van der Waals surface area contributed by atoms with Crippen LogP contribution in [0.2, 0.25) is 0 Å². The van der Waals surface area contributed by atoms with Gasteiger partial charge < -0.3 is 10.7 Å². The van der Waals surface area contributed by atoms with Crippen LogP contribution < -0.4 is 5.73 Å². The monoisotopic (exact) mass is 178 g/mol. The molecule has 68 valence electrons. The maximum Gasteiger partial charge on any atom is 0.129 e. The number of nitrogens with two attached hydrogens (primary N) is 1. The van der Waals surface area contributed by atoms with Crippen LogP contribution in [0.4, 0.5) is 4.39 Å². The van der Waals surface area contributed by atoms with E-state index in [0.717, 1.165) is 16.6 Å². The first kappa shape index (κ1) is 8.26. The first-order chi connectivity index (χ1) is 6.20. The van der Waals surface area contributed by atoms with Crippen LogP contribution in [0.15, 0.2) is 18.2 Å². The number of hydrogen-bond donors (Lipinski definition) is 2. The van der Waals surface area contributed by atoms with Crippen LogP contribution in [0.1, 0.15) is 11.3 Å². The number of nitrogens with one attached hydrogen (secondary N) is 1. The molecule has 13 heavy (non-hydrogen) atoms. The Balaban J connectivity index is 2.72. The van der Waals surface area contributed by atoms with E-state index in [4.69, 9.17) is 5.73 Å². The minimum absolute atomic E-state index is 0.239. The summed E-state index contributed by atoms with van der Waals surface area (Å²) in [5, 5.41) is 1.01. The van der Waals surface area contributed by atoms with Gasteiger partial charge in [-0.1, -0.05) is 0 Å². The van der Waals surface area contributed by atoms with Crippen LogP contribution in [0.5, 0.6) is 0 Å². The van der Waals surface area contributed by atoms with E-state index in [1.165, 1.54) is 6.07 Å². The van der Waals surface area contributed by atoms with Gasteiger partial charge in [0.2, 0.25) is 0 Å². The number of aromatic nitrogens is 1. The first-order valence-corrected chi connectivity index (χ1v) is 4.18. The van der Waals surface area contributed by atoms with E-state index in [9.17, 15) is 4.39 Å². The van der Waals surface area contributed by atoms with Crippen molar-refractivity contribution in [2.24, 2.45) is 5.73 Å². The number of aromatic amines is 1. The van der Waals surface area contributed by atoms with Crippen LogP contribution in [0, 0.1) is 12.7 Å². The summed E-state index contributed by atoms with van der Waals surface area (Å²) >= 11 is 0. The van der Waals surface area contributed by atoms with Gasteiger partial charge in [0.15, 0.2) is 0 Å². The Morgan fingerprint density at radius 1 is 1.38 bits per heavy atom. The number of fused-ring (bicyclic) bond motifs is 1. The summed E-state index contributed by atoms with van der Waals surface area (Å²) in [6.07, 6.45) is 0. The second kappa shape index (κ2) is 2.85. The van der Waals surface area contributed by atoms with Crippen molar-refractivity contribution in [3.05, 3.63) is 35.3 Å². The normalized spacial score (nSPS) is 11.0. The summed E-state index contributed by atoms with van der Waals surface area (Å²) < 4.78 is 13.2. The van der Waals surface area contributed by atoms with Crippen LogP contribution in [-0.4, -0.2) is 4.98 Å². The Morgan fingerprint density at radius 3 is 2.85 bits per heavy atom. The van der Waals surface area contributed by atoms with Crippen molar-refractivity contribution in [3.63, 3.8) is 0 Å². The van der Waals surface area contributed by atoms with Crippen LogP contribution in [0.25, 0.3) is 10.9 Å². The molecular formula is C10H11FN2. The number of halogens is 1. The molecule has 0 fully saturated rings. The van der Waals surface area contributed by atoms with Gasteiger partial charge >= 0.3 is 0 Å². The molecule has 0 saturated carbocycles.